The van der Waals surface area contributed by atoms with Gasteiger partial charge in [0.2, 0.25) is 0 Å². The molecule has 0 heterocycles. The topological polar surface area (TPSA) is 21.3 Å². The summed E-state index contributed by atoms with van der Waals surface area (Å²) < 4.78 is 6.16. The molecule has 0 aromatic heterocycles. The lowest BCUT2D eigenvalue weighted by molar-refractivity contribution is -0.00711. The molecule has 1 N–H and O–H groups in total. The van der Waals surface area contributed by atoms with Gasteiger partial charge in [-0.1, -0.05) is 50.6 Å². The van der Waals surface area contributed by atoms with Gasteiger partial charge in [-0.2, -0.15) is 0 Å². The molecule has 0 saturated carbocycles. The Balaban J connectivity index is 2.57. The lowest BCUT2D eigenvalue weighted by Crippen LogP contribution is -2.26. The number of hydrogen-bond donors (Lipinski definition) is 1. The fraction of sp³-hybridized carbons (Fsp3) is 0.625. The first-order valence-electron chi connectivity index (χ1n) is 7.19. The molecule has 2 nitrogen and oxygen atoms in total. The Morgan fingerprint density at radius 2 is 1.83 bits per heavy atom. The maximum Gasteiger partial charge on any atom is 0.0952 e. The number of hydrogen-bond acceptors (Lipinski definition) is 2. The third-order valence-electron chi connectivity index (χ3n) is 3.02. The molecule has 102 valence electrons. The summed E-state index contributed by atoms with van der Waals surface area (Å²) in [6.07, 6.45) is 3.94. The minimum Gasteiger partial charge on any atom is -0.369 e. The highest BCUT2D eigenvalue weighted by Crippen LogP contribution is 2.19. The molecule has 0 spiro atoms. The van der Waals surface area contributed by atoms with Gasteiger partial charge in [-0.3, -0.25) is 0 Å². The summed E-state index contributed by atoms with van der Waals surface area (Å²) in [5, 5.41) is 3.46. The second-order valence-electron chi connectivity index (χ2n) is 4.84. The van der Waals surface area contributed by atoms with Gasteiger partial charge in [-0.05, 0) is 31.9 Å². The van der Waals surface area contributed by atoms with E-state index in [-0.39, 0.29) is 6.10 Å². The number of rotatable bonds is 9. The van der Waals surface area contributed by atoms with Crippen LogP contribution >= 0.6 is 0 Å². The Morgan fingerprint density at radius 3 is 2.44 bits per heavy atom. The van der Waals surface area contributed by atoms with Gasteiger partial charge in [0, 0.05) is 6.54 Å². The molecule has 0 aliphatic carbocycles. The van der Waals surface area contributed by atoms with Crippen molar-refractivity contribution in [2.45, 2.75) is 52.2 Å². The zero-order valence-corrected chi connectivity index (χ0v) is 12.0. The van der Waals surface area contributed by atoms with Gasteiger partial charge in [0.1, 0.15) is 0 Å². The van der Waals surface area contributed by atoms with Crippen molar-refractivity contribution in [1.82, 2.24) is 5.32 Å². The minimum atomic E-state index is 0.166. The average Bonchev–Trinajstić information content (AvgIpc) is 2.39. The smallest absolute Gasteiger partial charge is 0.0952 e. The minimum absolute atomic E-state index is 0.166. The van der Waals surface area contributed by atoms with E-state index in [0.29, 0.717) is 6.10 Å². The highest BCUT2D eigenvalue weighted by Gasteiger charge is 2.14. The van der Waals surface area contributed by atoms with Gasteiger partial charge >= 0.3 is 0 Å². The Labute approximate surface area is 112 Å². The normalized spacial score (nSPS) is 14.4. The third kappa shape index (κ3) is 5.65. The monoisotopic (exact) mass is 249 g/mol. The molecule has 1 rings (SSSR count). The van der Waals surface area contributed by atoms with Gasteiger partial charge in [0.25, 0.3) is 0 Å². The van der Waals surface area contributed by atoms with Crippen LogP contribution in [0, 0.1) is 0 Å². The summed E-state index contributed by atoms with van der Waals surface area (Å²) >= 11 is 0. The van der Waals surface area contributed by atoms with Crippen LogP contribution in [0.1, 0.15) is 51.7 Å². The van der Waals surface area contributed by atoms with E-state index in [2.05, 4.69) is 56.4 Å². The average molecular weight is 249 g/mol. The van der Waals surface area contributed by atoms with Gasteiger partial charge < -0.3 is 10.1 Å². The summed E-state index contributed by atoms with van der Waals surface area (Å²) in [7, 11) is 0. The van der Waals surface area contributed by atoms with Crippen LogP contribution in [0.25, 0.3) is 0 Å². The van der Waals surface area contributed by atoms with Crippen molar-refractivity contribution in [3.05, 3.63) is 35.9 Å². The Kier molecular flexibility index (Phi) is 7.70. The molecule has 1 aromatic carbocycles. The van der Waals surface area contributed by atoms with E-state index in [9.17, 15) is 0 Å². The first-order valence-corrected chi connectivity index (χ1v) is 7.19. The number of ether oxygens (including phenoxy) is 1. The largest absolute Gasteiger partial charge is 0.369 e. The summed E-state index contributed by atoms with van der Waals surface area (Å²) in [6, 6.07) is 10.5. The van der Waals surface area contributed by atoms with Crippen LogP contribution in [-0.4, -0.2) is 19.2 Å². The highest BCUT2D eigenvalue weighted by atomic mass is 16.5. The van der Waals surface area contributed by atoms with Crippen LogP contribution in [0.5, 0.6) is 0 Å². The molecule has 0 aliphatic heterocycles. The van der Waals surface area contributed by atoms with Crippen molar-refractivity contribution in [3.8, 4) is 0 Å². The summed E-state index contributed by atoms with van der Waals surface area (Å²) in [6.45, 7) is 8.50. The molecule has 0 saturated heterocycles. The summed E-state index contributed by atoms with van der Waals surface area (Å²) in [5.74, 6) is 0. The van der Waals surface area contributed by atoms with Gasteiger partial charge in [0.05, 0.1) is 12.2 Å². The zero-order valence-electron chi connectivity index (χ0n) is 12.0. The van der Waals surface area contributed by atoms with Crippen LogP contribution in [0.15, 0.2) is 30.3 Å². The first kappa shape index (κ1) is 15.2. The Bertz CT molecular complexity index is 299. The number of nitrogens with one attached hydrogen (secondary N) is 1. The lowest BCUT2D eigenvalue weighted by Gasteiger charge is -2.23. The Hall–Kier alpha value is -0.860. The van der Waals surface area contributed by atoms with E-state index in [1.807, 2.05) is 0 Å². The van der Waals surface area contributed by atoms with Crippen molar-refractivity contribution >= 4 is 0 Å². The first-order chi connectivity index (χ1) is 8.77. The van der Waals surface area contributed by atoms with Gasteiger partial charge in [0.15, 0.2) is 0 Å². The lowest BCUT2D eigenvalue weighted by atomic mass is 10.1. The van der Waals surface area contributed by atoms with Gasteiger partial charge in [-0.25, -0.2) is 0 Å². The van der Waals surface area contributed by atoms with Crippen molar-refractivity contribution in [2.75, 3.05) is 13.1 Å². The molecular weight excluding hydrogens is 222 g/mol. The fourth-order valence-corrected chi connectivity index (χ4v) is 2.08. The standard InChI is InChI=1S/C16H27NO/c1-4-9-14(3)18-16(13-17-12-5-2)15-10-7-6-8-11-15/h6-8,10-11,14,16-17H,4-5,9,12-13H2,1-3H3. The molecule has 2 heteroatoms. The molecule has 2 atom stereocenters. The number of benzene rings is 1. The molecule has 1 aromatic rings. The molecular formula is C16H27NO. The van der Waals surface area contributed by atoms with Crippen molar-refractivity contribution in [1.29, 1.82) is 0 Å². The maximum atomic E-state index is 6.16. The quantitative estimate of drug-likeness (QED) is 0.669. The molecule has 2 unspecified atom stereocenters. The predicted molar refractivity (Wildman–Crippen MR) is 77.8 cm³/mol. The molecule has 0 fully saturated rings. The second-order valence-corrected chi connectivity index (χ2v) is 4.84. The van der Waals surface area contributed by atoms with Crippen molar-refractivity contribution in [3.63, 3.8) is 0 Å². The summed E-state index contributed by atoms with van der Waals surface area (Å²) in [5.41, 5.74) is 1.27. The van der Waals surface area contributed by atoms with E-state index < -0.39 is 0 Å². The van der Waals surface area contributed by atoms with Crippen LogP contribution in [0.4, 0.5) is 0 Å². The van der Waals surface area contributed by atoms with E-state index in [1.54, 1.807) is 0 Å². The third-order valence-corrected chi connectivity index (χ3v) is 3.02. The molecule has 18 heavy (non-hydrogen) atoms. The SMILES string of the molecule is CCCNCC(OC(C)CCC)c1ccccc1. The zero-order chi connectivity index (χ0) is 13.2. The molecule has 0 radical (unpaired) electrons. The van der Waals surface area contributed by atoms with Crippen molar-refractivity contribution < 1.29 is 4.74 Å². The van der Waals surface area contributed by atoms with Crippen LogP contribution in [0.3, 0.4) is 0 Å². The van der Waals surface area contributed by atoms with E-state index in [4.69, 9.17) is 4.74 Å². The van der Waals surface area contributed by atoms with Crippen molar-refractivity contribution in [2.24, 2.45) is 0 Å². The molecule has 0 aliphatic rings. The van der Waals surface area contributed by atoms with Crippen LogP contribution < -0.4 is 5.32 Å². The van der Waals surface area contributed by atoms with E-state index in [1.165, 1.54) is 12.0 Å². The van der Waals surface area contributed by atoms with E-state index >= 15 is 0 Å². The second kappa shape index (κ2) is 9.12. The molecule has 0 amide bonds. The highest BCUT2D eigenvalue weighted by molar-refractivity contribution is 5.18. The van der Waals surface area contributed by atoms with E-state index in [0.717, 1.165) is 25.9 Å². The maximum absolute atomic E-state index is 6.16. The Morgan fingerprint density at radius 1 is 1.11 bits per heavy atom. The van der Waals surface area contributed by atoms with Crippen LogP contribution in [0.2, 0.25) is 0 Å². The fourth-order valence-electron chi connectivity index (χ4n) is 2.08. The van der Waals surface area contributed by atoms with Crippen LogP contribution in [-0.2, 0) is 4.74 Å². The molecule has 0 bridgehead atoms. The summed E-state index contributed by atoms with van der Waals surface area (Å²) in [4.78, 5) is 0. The predicted octanol–water partition coefficient (Wildman–Crippen LogP) is 3.93. The van der Waals surface area contributed by atoms with Gasteiger partial charge in [-0.15, -0.1) is 0 Å².